The van der Waals surface area contributed by atoms with Gasteiger partial charge in [-0.2, -0.15) is 5.26 Å². The van der Waals surface area contributed by atoms with Gasteiger partial charge >= 0.3 is 0 Å². The van der Waals surface area contributed by atoms with Crippen molar-refractivity contribution in [3.8, 4) is 6.07 Å². The van der Waals surface area contributed by atoms with Gasteiger partial charge in [0.25, 0.3) is 0 Å². The molecule has 1 heterocycles. The fourth-order valence-electron chi connectivity index (χ4n) is 2.43. The van der Waals surface area contributed by atoms with E-state index in [2.05, 4.69) is 23.2 Å². The summed E-state index contributed by atoms with van der Waals surface area (Å²) in [5.74, 6) is -0.575. The normalized spacial score (nSPS) is 22.1. The van der Waals surface area contributed by atoms with Gasteiger partial charge in [-0.1, -0.05) is 20.3 Å². The van der Waals surface area contributed by atoms with Crippen LogP contribution in [0.5, 0.6) is 0 Å². The quantitative estimate of drug-likeness (QED) is 0.762. The van der Waals surface area contributed by atoms with Gasteiger partial charge in [-0.3, -0.25) is 9.69 Å². The summed E-state index contributed by atoms with van der Waals surface area (Å²) in [6.45, 7) is 7.00. The summed E-state index contributed by atoms with van der Waals surface area (Å²) in [5, 5.41) is 11.8. The molecule has 1 rings (SSSR count). The summed E-state index contributed by atoms with van der Waals surface area (Å²) in [4.78, 5) is 14.2. The Kier molecular flexibility index (Phi) is 5.99. The van der Waals surface area contributed by atoms with Crippen molar-refractivity contribution in [2.75, 3.05) is 19.6 Å². The van der Waals surface area contributed by atoms with Crippen molar-refractivity contribution in [3.05, 3.63) is 0 Å². The van der Waals surface area contributed by atoms with Gasteiger partial charge < -0.3 is 5.32 Å². The van der Waals surface area contributed by atoms with Gasteiger partial charge in [-0.25, -0.2) is 0 Å². The van der Waals surface area contributed by atoms with E-state index in [-0.39, 0.29) is 5.91 Å². The van der Waals surface area contributed by atoms with Crippen molar-refractivity contribution < 1.29 is 4.79 Å². The van der Waals surface area contributed by atoms with E-state index < -0.39 is 5.92 Å². The lowest BCUT2D eigenvalue weighted by molar-refractivity contribution is -0.123. The predicted molar refractivity (Wildman–Crippen MR) is 67.3 cm³/mol. The van der Waals surface area contributed by atoms with E-state index in [1.165, 1.54) is 6.42 Å². The van der Waals surface area contributed by atoms with Crippen molar-refractivity contribution in [2.45, 2.75) is 45.6 Å². The lowest BCUT2D eigenvalue weighted by Gasteiger charge is -2.23. The van der Waals surface area contributed by atoms with Gasteiger partial charge in [-0.05, 0) is 32.4 Å². The number of nitrogens with one attached hydrogen (secondary N) is 1. The van der Waals surface area contributed by atoms with E-state index in [0.717, 1.165) is 25.9 Å². The summed E-state index contributed by atoms with van der Waals surface area (Å²) in [7, 11) is 0. The Bertz CT molecular complexity index is 285. The molecule has 1 aliphatic heterocycles. The first-order chi connectivity index (χ1) is 8.22. The number of amides is 1. The molecule has 0 aromatic rings. The molecule has 1 saturated heterocycles. The number of likely N-dealkylation sites (tertiary alicyclic amines) is 1. The maximum Gasteiger partial charge on any atom is 0.237 e. The van der Waals surface area contributed by atoms with Crippen LogP contribution in [0.4, 0.5) is 0 Å². The third-order valence-corrected chi connectivity index (χ3v) is 3.47. The molecule has 0 aromatic heterocycles. The number of likely N-dealkylation sites (N-methyl/N-ethyl adjacent to an activating group) is 1. The van der Waals surface area contributed by atoms with E-state index in [4.69, 9.17) is 5.26 Å². The summed E-state index contributed by atoms with van der Waals surface area (Å²) < 4.78 is 0. The van der Waals surface area contributed by atoms with Crippen LogP contribution in [0.3, 0.4) is 0 Å². The predicted octanol–water partition coefficient (Wildman–Crippen LogP) is 1.53. The molecule has 0 radical (unpaired) electrons. The van der Waals surface area contributed by atoms with Crippen LogP contribution >= 0.6 is 0 Å². The van der Waals surface area contributed by atoms with Crippen LogP contribution < -0.4 is 5.32 Å². The van der Waals surface area contributed by atoms with Gasteiger partial charge in [-0.15, -0.1) is 0 Å². The van der Waals surface area contributed by atoms with Crippen molar-refractivity contribution in [1.82, 2.24) is 10.2 Å². The number of nitrogens with zero attached hydrogens (tertiary/aromatic N) is 2. The van der Waals surface area contributed by atoms with Gasteiger partial charge in [0, 0.05) is 12.6 Å². The van der Waals surface area contributed by atoms with Crippen LogP contribution in [0, 0.1) is 17.2 Å². The second-order valence-corrected chi connectivity index (χ2v) is 4.64. The molecule has 1 fully saturated rings. The number of carbonyl (C=O) groups excluding carboxylic acids is 1. The highest BCUT2D eigenvalue weighted by Gasteiger charge is 2.24. The minimum atomic E-state index is -0.475. The highest BCUT2D eigenvalue weighted by Crippen LogP contribution is 2.15. The second-order valence-electron chi connectivity index (χ2n) is 4.64. The molecule has 0 bridgehead atoms. The zero-order valence-corrected chi connectivity index (χ0v) is 10.9. The molecule has 96 valence electrons. The molecule has 0 aromatic carbocycles. The molecular weight excluding hydrogens is 214 g/mol. The molecule has 4 heteroatoms. The molecule has 0 aliphatic carbocycles. The number of rotatable bonds is 6. The van der Waals surface area contributed by atoms with Crippen molar-refractivity contribution in [3.63, 3.8) is 0 Å². The zero-order chi connectivity index (χ0) is 12.7. The highest BCUT2D eigenvalue weighted by atomic mass is 16.1. The largest absolute Gasteiger partial charge is 0.353 e. The fourth-order valence-corrected chi connectivity index (χ4v) is 2.43. The van der Waals surface area contributed by atoms with Gasteiger partial charge in [0.05, 0.1) is 6.07 Å². The lowest BCUT2D eigenvalue weighted by Crippen LogP contribution is -2.41. The van der Waals surface area contributed by atoms with Gasteiger partial charge in [0.1, 0.15) is 5.92 Å². The minimum Gasteiger partial charge on any atom is -0.353 e. The maximum absolute atomic E-state index is 11.8. The average molecular weight is 237 g/mol. The molecular formula is C13H23N3O. The summed E-state index contributed by atoms with van der Waals surface area (Å²) in [6.07, 6.45) is 3.89. The first-order valence-electron chi connectivity index (χ1n) is 6.64. The standard InChI is InChI=1S/C13H23N3O/c1-3-6-11(9-14)13(17)15-10-12-7-5-8-16(12)4-2/h11-12H,3-8,10H2,1-2H3,(H,15,17). The number of nitriles is 1. The van der Waals surface area contributed by atoms with Crippen LogP contribution in [0.1, 0.15) is 39.5 Å². The van der Waals surface area contributed by atoms with Crippen molar-refractivity contribution in [1.29, 1.82) is 5.26 Å². The zero-order valence-electron chi connectivity index (χ0n) is 10.9. The fraction of sp³-hybridized carbons (Fsp3) is 0.846. The molecule has 2 unspecified atom stereocenters. The van der Waals surface area contributed by atoms with E-state index in [1.54, 1.807) is 0 Å². The third kappa shape index (κ3) is 4.01. The van der Waals surface area contributed by atoms with Gasteiger partial charge in [0.15, 0.2) is 0 Å². The minimum absolute atomic E-state index is 0.0997. The number of hydrogen-bond donors (Lipinski definition) is 1. The Balaban J connectivity index is 2.34. The molecule has 0 saturated carbocycles. The Hall–Kier alpha value is -1.08. The Morgan fingerprint density at radius 3 is 2.94 bits per heavy atom. The monoisotopic (exact) mass is 237 g/mol. The molecule has 1 N–H and O–H groups in total. The van der Waals surface area contributed by atoms with Gasteiger partial charge in [0.2, 0.25) is 5.91 Å². The Labute approximate surface area is 104 Å². The van der Waals surface area contributed by atoms with Crippen LogP contribution in [0.2, 0.25) is 0 Å². The number of carbonyl (C=O) groups is 1. The maximum atomic E-state index is 11.8. The highest BCUT2D eigenvalue weighted by molar-refractivity contribution is 5.81. The molecule has 2 atom stereocenters. The van der Waals surface area contributed by atoms with E-state index in [1.807, 2.05) is 6.92 Å². The SMILES string of the molecule is CCCC(C#N)C(=O)NCC1CCCN1CC. The summed E-state index contributed by atoms with van der Waals surface area (Å²) in [5.41, 5.74) is 0. The smallest absolute Gasteiger partial charge is 0.237 e. The topological polar surface area (TPSA) is 56.1 Å². The Morgan fingerprint density at radius 2 is 2.35 bits per heavy atom. The number of hydrogen-bond acceptors (Lipinski definition) is 3. The first-order valence-corrected chi connectivity index (χ1v) is 6.64. The van der Waals surface area contributed by atoms with E-state index >= 15 is 0 Å². The first kappa shape index (κ1) is 14.0. The Morgan fingerprint density at radius 1 is 1.59 bits per heavy atom. The average Bonchev–Trinajstić information content (AvgIpc) is 2.80. The third-order valence-electron chi connectivity index (χ3n) is 3.47. The van der Waals surface area contributed by atoms with E-state index in [0.29, 0.717) is 19.0 Å². The lowest BCUT2D eigenvalue weighted by atomic mass is 10.0. The van der Waals surface area contributed by atoms with Crippen molar-refractivity contribution >= 4 is 5.91 Å². The summed E-state index contributed by atoms with van der Waals surface area (Å²) >= 11 is 0. The van der Waals surface area contributed by atoms with Crippen LogP contribution in [-0.4, -0.2) is 36.5 Å². The molecule has 1 amide bonds. The van der Waals surface area contributed by atoms with Crippen LogP contribution in [-0.2, 0) is 4.79 Å². The van der Waals surface area contributed by atoms with Crippen LogP contribution in [0.15, 0.2) is 0 Å². The summed E-state index contributed by atoms with van der Waals surface area (Å²) in [6, 6.07) is 2.54. The van der Waals surface area contributed by atoms with E-state index in [9.17, 15) is 4.79 Å². The van der Waals surface area contributed by atoms with Crippen molar-refractivity contribution in [2.24, 2.45) is 5.92 Å². The molecule has 4 nitrogen and oxygen atoms in total. The second kappa shape index (κ2) is 7.29. The molecule has 17 heavy (non-hydrogen) atoms. The van der Waals surface area contributed by atoms with Crippen LogP contribution in [0.25, 0.3) is 0 Å². The molecule has 0 spiro atoms. The molecule has 1 aliphatic rings.